The van der Waals surface area contributed by atoms with E-state index in [0.29, 0.717) is 11.7 Å². The summed E-state index contributed by atoms with van der Waals surface area (Å²) in [6.07, 6.45) is 2.55. The van der Waals surface area contributed by atoms with Crippen LogP contribution in [0.2, 0.25) is 0 Å². The van der Waals surface area contributed by atoms with Gasteiger partial charge in [-0.1, -0.05) is 31.2 Å². The normalized spacial score (nSPS) is 10.6. The molecule has 118 valence electrons. The lowest BCUT2D eigenvalue weighted by molar-refractivity contribution is -0.118. The minimum absolute atomic E-state index is 0.0508. The largest absolute Gasteiger partial charge is 0.355 e. The second-order valence-corrected chi connectivity index (χ2v) is 6.76. The maximum absolute atomic E-state index is 11.8. The van der Waals surface area contributed by atoms with Crippen molar-refractivity contribution in [2.75, 3.05) is 12.3 Å². The Hall–Kier alpha value is -1.60. The number of carbonyl (C=O) groups is 1. The van der Waals surface area contributed by atoms with Gasteiger partial charge in [0.25, 0.3) is 5.56 Å². The highest BCUT2D eigenvalue weighted by Gasteiger charge is 2.06. The van der Waals surface area contributed by atoms with Crippen molar-refractivity contribution in [3.05, 3.63) is 44.5 Å². The van der Waals surface area contributed by atoms with Gasteiger partial charge in [0.15, 0.2) is 5.16 Å². The van der Waals surface area contributed by atoms with Crippen LogP contribution in [0.25, 0.3) is 0 Å². The zero-order valence-corrected chi connectivity index (χ0v) is 14.1. The van der Waals surface area contributed by atoms with E-state index < -0.39 is 0 Å². The van der Waals surface area contributed by atoms with Gasteiger partial charge in [0.05, 0.1) is 5.75 Å². The molecule has 2 aromatic rings. The fourth-order valence-electron chi connectivity index (χ4n) is 1.90. The SMILES string of the molecule is CCCc1cc(=O)[nH]c(SCC(=O)NCCc2cccs2)n1. The zero-order valence-electron chi connectivity index (χ0n) is 12.4. The molecule has 0 aromatic carbocycles. The number of amides is 1. The molecule has 0 aliphatic carbocycles. The molecule has 2 heterocycles. The molecule has 0 radical (unpaired) electrons. The zero-order chi connectivity index (χ0) is 15.8. The molecule has 0 aliphatic heterocycles. The molecule has 2 aromatic heterocycles. The van der Waals surface area contributed by atoms with E-state index in [1.165, 1.54) is 22.7 Å². The number of nitrogens with zero attached hydrogens (tertiary/aromatic N) is 1. The summed E-state index contributed by atoms with van der Waals surface area (Å²) in [6, 6.07) is 5.57. The molecule has 0 fully saturated rings. The molecule has 5 nitrogen and oxygen atoms in total. The van der Waals surface area contributed by atoms with Crippen molar-refractivity contribution in [2.24, 2.45) is 0 Å². The number of nitrogens with one attached hydrogen (secondary N) is 2. The Labute approximate surface area is 137 Å². The monoisotopic (exact) mass is 337 g/mol. The average Bonchev–Trinajstić information content (AvgIpc) is 2.98. The highest BCUT2D eigenvalue weighted by molar-refractivity contribution is 7.99. The van der Waals surface area contributed by atoms with Crippen LogP contribution in [-0.2, 0) is 17.6 Å². The van der Waals surface area contributed by atoms with Crippen LogP contribution in [0.15, 0.2) is 33.5 Å². The second-order valence-electron chi connectivity index (χ2n) is 4.76. The minimum Gasteiger partial charge on any atom is -0.355 e. The Bertz CT molecular complexity index is 653. The third-order valence-electron chi connectivity index (χ3n) is 2.89. The van der Waals surface area contributed by atoms with Crippen LogP contribution < -0.4 is 10.9 Å². The van der Waals surface area contributed by atoms with Crippen LogP contribution in [0, 0.1) is 0 Å². The summed E-state index contributed by atoms with van der Waals surface area (Å²) in [5.41, 5.74) is 0.603. The van der Waals surface area contributed by atoms with Crippen molar-refractivity contribution in [2.45, 2.75) is 31.3 Å². The highest BCUT2D eigenvalue weighted by Crippen LogP contribution is 2.12. The van der Waals surface area contributed by atoms with Crippen LogP contribution in [0.3, 0.4) is 0 Å². The number of hydrogen-bond donors (Lipinski definition) is 2. The lowest BCUT2D eigenvalue weighted by Crippen LogP contribution is -2.27. The maximum Gasteiger partial charge on any atom is 0.251 e. The highest BCUT2D eigenvalue weighted by atomic mass is 32.2. The fraction of sp³-hybridized carbons (Fsp3) is 0.400. The van der Waals surface area contributed by atoms with Gasteiger partial charge in [-0.15, -0.1) is 11.3 Å². The van der Waals surface area contributed by atoms with Crippen molar-refractivity contribution in [1.82, 2.24) is 15.3 Å². The van der Waals surface area contributed by atoms with E-state index in [2.05, 4.69) is 21.4 Å². The lowest BCUT2D eigenvalue weighted by Gasteiger charge is -2.05. The maximum atomic E-state index is 11.8. The fourth-order valence-corrected chi connectivity index (χ4v) is 3.33. The van der Waals surface area contributed by atoms with E-state index in [1.807, 2.05) is 18.4 Å². The van der Waals surface area contributed by atoms with E-state index in [-0.39, 0.29) is 17.2 Å². The van der Waals surface area contributed by atoms with Gasteiger partial charge in [0.2, 0.25) is 5.91 Å². The number of aromatic amines is 1. The minimum atomic E-state index is -0.168. The number of aryl methyl sites for hydroxylation is 1. The van der Waals surface area contributed by atoms with Crippen LogP contribution in [0.5, 0.6) is 0 Å². The van der Waals surface area contributed by atoms with Crippen molar-refractivity contribution in [3.63, 3.8) is 0 Å². The predicted octanol–water partition coefficient (Wildman–Crippen LogP) is 2.23. The van der Waals surface area contributed by atoms with E-state index in [4.69, 9.17) is 0 Å². The summed E-state index contributed by atoms with van der Waals surface area (Å²) in [5.74, 6) is 0.202. The van der Waals surface area contributed by atoms with Crippen LogP contribution >= 0.6 is 23.1 Å². The molecule has 2 N–H and O–H groups in total. The van der Waals surface area contributed by atoms with Crippen molar-refractivity contribution < 1.29 is 4.79 Å². The third-order valence-corrected chi connectivity index (χ3v) is 4.70. The predicted molar refractivity (Wildman–Crippen MR) is 90.6 cm³/mol. The Morgan fingerprint density at radius 1 is 1.45 bits per heavy atom. The lowest BCUT2D eigenvalue weighted by atomic mass is 10.2. The topological polar surface area (TPSA) is 74.8 Å². The molecule has 0 saturated carbocycles. The first-order valence-electron chi connectivity index (χ1n) is 7.19. The molecule has 1 amide bonds. The van der Waals surface area contributed by atoms with Crippen LogP contribution in [0.4, 0.5) is 0 Å². The van der Waals surface area contributed by atoms with Crippen molar-refractivity contribution in [3.8, 4) is 0 Å². The summed E-state index contributed by atoms with van der Waals surface area (Å²) < 4.78 is 0. The van der Waals surface area contributed by atoms with Gasteiger partial charge in [0.1, 0.15) is 0 Å². The van der Waals surface area contributed by atoms with Gasteiger partial charge in [-0.3, -0.25) is 9.59 Å². The smallest absolute Gasteiger partial charge is 0.251 e. The molecule has 0 saturated heterocycles. The summed E-state index contributed by atoms with van der Waals surface area (Å²) in [5, 5.41) is 5.40. The summed E-state index contributed by atoms with van der Waals surface area (Å²) in [7, 11) is 0. The van der Waals surface area contributed by atoms with E-state index >= 15 is 0 Å². The van der Waals surface area contributed by atoms with Crippen LogP contribution in [-0.4, -0.2) is 28.2 Å². The first-order valence-corrected chi connectivity index (χ1v) is 9.06. The first kappa shape index (κ1) is 16.8. The van der Waals surface area contributed by atoms with Gasteiger partial charge in [-0.25, -0.2) is 4.98 Å². The van der Waals surface area contributed by atoms with Gasteiger partial charge in [-0.05, 0) is 24.3 Å². The van der Waals surface area contributed by atoms with Gasteiger partial charge < -0.3 is 10.3 Å². The molecule has 7 heteroatoms. The molecular formula is C15H19N3O2S2. The molecule has 22 heavy (non-hydrogen) atoms. The molecule has 2 rings (SSSR count). The molecule has 0 atom stereocenters. The number of aromatic nitrogens is 2. The number of carbonyl (C=O) groups excluding carboxylic acids is 1. The first-order chi connectivity index (χ1) is 10.7. The van der Waals surface area contributed by atoms with E-state index in [0.717, 1.165) is 25.0 Å². The number of hydrogen-bond acceptors (Lipinski definition) is 5. The summed E-state index contributed by atoms with van der Waals surface area (Å²) in [6.45, 7) is 2.66. The number of H-pyrrole nitrogens is 1. The summed E-state index contributed by atoms with van der Waals surface area (Å²) >= 11 is 2.94. The van der Waals surface area contributed by atoms with Gasteiger partial charge in [-0.2, -0.15) is 0 Å². The Balaban J connectivity index is 1.77. The van der Waals surface area contributed by atoms with Gasteiger partial charge in [0, 0.05) is 23.2 Å². The van der Waals surface area contributed by atoms with Crippen molar-refractivity contribution >= 4 is 29.0 Å². The molecule has 0 aliphatic rings. The Morgan fingerprint density at radius 3 is 3.05 bits per heavy atom. The average molecular weight is 337 g/mol. The van der Waals surface area contributed by atoms with E-state index in [1.54, 1.807) is 11.3 Å². The Kier molecular flexibility index (Phi) is 6.67. The third kappa shape index (κ3) is 5.65. The van der Waals surface area contributed by atoms with Crippen molar-refractivity contribution in [1.29, 1.82) is 0 Å². The van der Waals surface area contributed by atoms with Gasteiger partial charge >= 0.3 is 0 Å². The Morgan fingerprint density at radius 2 is 2.32 bits per heavy atom. The quantitative estimate of drug-likeness (QED) is 0.572. The standard InChI is InChI=1S/C15H19N3O2S2/c1-2-4-11-9-13(19)18-15(17-11)22-10-14(20)16-7-6-12-5-3-8-21-12/h3,5,8-9H,2,4,6-7,10H2,1H3,(H,16,20)(H,17,18,19). The molecule has 0 unspecified atom stereocenters. The summed E-state index contributed by atoms with van der Waals surface area (Å²) in [4.78, 5) is 31.6. The number of thiophene rings is 1. The molecule has 0 spiro atoms. The second kappa shape index (κ2) is 8.75. The number of thioether (sulfide) groups is 1. The van der Waals surface area contributed by atoms with E-state index in [9.17, 15) is 9.59 Å². The molecule has 0 bridgehead atoms. The van der Waals surface area contributed by atoms with Crippen LogP contribution in [0.1, 0.15) is 23.9 Å². The number of rotatable bonds is 8. The molecular weight excluding hydrogens is 318 g/mol.